The van der Waals surface area contributed by atoms with E-state index in [0.717, 1.165) is 22.4 Å². The lowest BCUT2D eigenvalue weighted by atomic mass is 10.2. The number of aromatic amines is 1. The molecule has 2 aromatic rings. The molecule has 0 unspecified atom stereocenters. The smallest absolute Gasteiger partial charge is 0.191 e. The van der Waals surface area contributed by atoms with Gasteiger partial charge in [-0.05, 0) is 18.6 Å². The number of hydrogen-bond acceptors (Lipinski definition) is 2. The summed E-state index contributed by atoms with van der Waals surface area (Å²) in [7, 11) is 3.73. The van der Waals surface area contributed by atoms with Crippen LogP contribution in [-0.4, -0.2) is 34.9 Å². The molecule has 0 aliphatic heterocycles. The SMILES string of the molecule is Cc1cccc2[nH]c(CN=C(N)N(C)C)nc12. The third kappa shape index (κ3) is 2.38. The van der Waals surface area contributed by atoms with Gasteiger partial charge in [0.2, 0.25) is 0 Å². The molecule has 2 rings (SSSR count). The van der Waals surface area contributed by atoms with Gasteiger partial charge >= 0.3 is 0 Å². The Morgan fingerprint density at radius 2 is 2.24 bits per heavy atom. The van der Waals surface area contributed by atoms with Crippen molar-refractivity contribution in [3.05, 3.63) is 29.6 Å². The number of nitrogens with one attached hydrogen (secondary N) is 1. The summed E-state index contributed by atoms with van der Waals surface area (Å²) < 4.78 is 0. The molecule has 0 fully saturated rings. The lowest BCUT2D eigenvalue weighted by Gasteiger charge is -2.09. The Hall–Kier alpha value is -2.04. The molecule has 17 heavy (non-hydrogen) atoms. The van der Waals surface area contributed by atoms with E-state index >= 15 is 0 Å². The molecule has 0 radical (unpaired) electrons. The normalized spacial score (nSPS) is 12.1. The van der Waals surface area contributed by atoms with Gasteiger partial charge in [-0.15, -0.1) is 0 Å². The maximum absolute atomic E-state index is 5.72. The number of imidazole rings is 1. The van der Waals surface area contributed by atoms with Gasteiger partial charge < -0.3 is 15.6 Å². The lowest BCUT2D eigenvalue weighted by Crippen LogP contribution is -2.30. The van der Waals surface area contributed by atoms with Crippen LogP contribution < -0.4 is 5.73 Å². The summed E-state index contributed by atoms with van der Waals surface area (Å²) in [5.74, 6) is 1.33. The van der Waals surface area contributed by atoms with Crippen LogP contribution in [0.25, 0.3) is 11.0 Å². The van der Waals surface area contributed by atoms with Crippen LogP contribution in [-0.2, 0) is 6.54 Å². The molecular formula is C12H17N5. The predicted molar refractivity (Wildman–Crippen MR) is 69.8 cm³/mol. The Labute approximate surface area is 100 Å². The monoisotopic (exact) mass is 231 g/mol. The first-order valence-corrected chi connectivity index (χ1v) is 5.49. The first kappa shape index (κ1) is 11.4. The Balaban J connectivity index is 2.26. The number of rotatable bonds is 2. The van der Waals surface area contributed by atoms with E-state index in [2.05, 4.69) is 15.0 Å². The van der Waals surface area contributed by atoms with Crippen LogP contribution in [0.15, 0.2) is 23.2 Å². The van der Waals surface area contributed by atoms with Gasteiger partial charge in [-0.25, -0.2) is 9.98 Å². The molecule has 1 aromatic carbocycles. The van der Waals surface area contributed by atoms with Gasteiger partial charge in [-0.2, -0.15) is 0 Å². The fourth-order valence-corrected chi connectivity index (χ4v) is 1.60. The molecule has 0 aliphatic carbocycles. The number of aromatic nitrogens is 2. The van der Waals surface area contributed by atoms with Crippen LogP contribution >= 0.6 is 0 Å². The van der Waals surface area contributed by atoms with Gasteiger partial charge in [-0.3, -0.25) is 0 Å². The molecular weight excluding hydrogens is 214 g/mol. The van der Waals surface area contributed by atoms with Crippen LogP contribution in [0.3, 0.4) is 0 Å². The van der Waals surface area contributed by atoms with Crippen molar-refractivity contribution in [3.8, 4) is 0 Å². The molecule has 0 spiro atoms. The molecule has 1 heterocycles. The van der Waals surface area contributed by atoms with E-state index in [1.165, 1.54) is 0 Å². The Kier molecular flexibility index (Phi) is 2.99. The highest BCUT2D eigenvalue weighted by atomic mass is 15.2. The summed E-state index contributed by atoms with van der Waals surface area (Å²) in [4.78, 5) is 13.8. The van der Waals surface area contributed by atoms with Crippen LogP contribution in [0.4, 0.5) is 0 Å². The van der Waals surface area contributed by atoms with E-state index in [4.69, 9.17) is 5.73 Å². The minimum atomic E-state index is 0.470. The molecule has 0 aliphatic rings. The molecule has 5 heteroatoms. The molecule has 0 saturated carbocycles. The number of guanidine groups is 1. The highest BCUT2D eigenvalue weighted by Crippen LogP contribution is 2.15. The van der Waals surface area contributed by atoms with Gasteiger partial charge in [0, 0.05) is 14.1 Å². The van der Waals surface area contributed by atoms with Gasteiger partial charge in [0.05, 0.1) is 11.0 Å². The number of aryl methyl sites for hydroxylation is 1. The van der Waals surface area contributed by atoms with E-state index in [-0.39, 0.29) is 0 Å². The van der Waals surface area contributed by atoms with Crippen molar-refractivity contribution in [2.24, 2.45) is 10.7 Å². The summed E-state index contributed by atoms with van der Waals surface area (Å²) >= 11 is 0. The standard InChI is InChI=1S/C12H17N5/c1-8-5-4-6-9-11(8)16-10(15-9)7-14-12(13)17(2)3/h4-6H,7H2,1-3H3,(H2,13,14)(H,15,16). The number of benzene rings is 1. The Bertz CT molecular complexity index is 553. The van der Waals surface area contributed by atoms with Crippen LogP contribution in [0.5, 0.6) is 0 Å². The van der Waals surface area contributed by atoms with Crippen LogP contribution in [0.2, 0.25) is 0 Å². The third-order valence-corrected chi connectivity index (χ3v) is 2.61. The average molecular weight is 231 g/mol. The fraction of sp³-hybridized carbons (Fsp3) is 0.333. The highest BCUT2D eigenvalue weighted by Gasteiger charge is 2.04. The molecule has 90 valence electrons. The van der Waals surface area contributed by atoms with E-state index in [1.54, 1.807) is 4.90 Å². The zero-order valence-corrected chi connectivity index (χ0v) is 10.4. The second-order valence-electron chi connectivity index (χ2n) is 4.22. The minimum Gasteiger partial charge on any atom is -0.370 e. The number of para-hydroxylation sites is 1. The van der Waals surface area contributed by atoms with Gasteiger partial charge in [0.1, 0.15) is 12.4 Å². The molecule has 0 atom stereocenters. The third-order valence-electron chi connectivity index (χ3n) is 2.61. The number of nitrogens with two attached hydrogens (primary N) is 1. The molecule has 1 aromatic heterocycles. The second-order valence-corrected chi connectivity index (χ2v) is 4.22. The summed E-state index contributed by atoms with van der Waals surface area (Å²) in [6.07, 6.45) is 0. The summed E-state index contributed by atoms with van der Waals surface area (Å²) in [5, 5.41) is 0. The van der Waals surface area contributed by atoms with Gasteiger partial charge in [0.25, 0.3) is 0 Å². The van der Waals surface area contributed by atoms with Crippen molar-refractivity contribution in [3.63, 3.8) is 0 Å². The second kappa shape index (κ2) is 4.45. The van der Waals surface area contributed by atoms with Crippen molar-refractivity contribution in [2.75, 3.05) is 14.1 Å². The topological polar surface area (TPSA) is 70.3 Å². The zero-order chi connectivity index (χ0) is 12.4. The average Bonchev–Trinajstić information content (AvgIpc) is 2.70. The number of H-pyrrole nitrogens is 1. The summed E-state index contributed by atoms with van der Waals surface area (Å²) in [6.45, 7) is 2.52. The van der Waals surface area contributed by atoms with Gasteiger partial charge in [0.15, 0.2) is 5.96 Å². The number of fused-ring (bicyclic) bond motifs is 1. The maximum atomic E-state index is 5.72. The molecule has 0 bridgehead atoms. The maximum Gasteiger partial charge on any atom is 0.191 e. The Morgan fingerprint density at radius 3 is 2.88 bits per heavy atom. The lowest BCUT2D eigenvalue weighted by molar-refractivity contribution is 0.608. The quantitative estimate of drug-likeness (QED) is 0.603. The Morgan fingerprint density at radius 1 is 1.47 bits per heavy atom. The first-order chi connectivity index (χ1) is 8.08. The van der Waals surface area contributed by atoms with E-state index in [0.29, 0.717) is 12.5 Å². The predicted octanol–water partition coefficient (Wildman–Crippen LogP) is 1.25. The van der Waals surface area contributed by atoms with Crippen molar-refractivity contribution < 1.29 is 0 Å². The van der Waals surface area contributed by atoms with Crippen molar-refractivity contribution in [1.82, 2.24) is 14.9 Å². The molecule has 0 amide bonds. The highest BCUT2D eigenvalue weighted by molar-refractivity contribution is 5.79. The zero-order valence-electron chi connectivity index (χ0n) is 10.4. The molecule has 5 nitrogen and oxygen atoms in total. The molecule has 0 saturated heterocycles. The van der Waals surface area contributed by atoms with Gasteiger partial charge in [-0.1, -0.05) is 12.1 Å². The summed E-state index contributed by atoms with van der Waals surface area (Å²) in [6, 6.07) is 6.07. The summed E-state index contributed by atoms with van der Waals surface area (Å²) in [5.41, 5.74) is 8.93. The number of nitrogens with zero attached hydrogens (tertiary/aromatic N) is 3. The van der Waals surface area contributed by atoms with Crippen molar-refractivity contribution in [2.45, 2.75) is 13.5 Å². The first-order valence-electron chi connectivity index (χ1n) is 5.49. The van der Waals surface area contributed by atoms with E-state index < -0.39 is 0 Å². The van der Waals surface area contributed by atoms with E-state index in [9.17, 15) is 0 Å². The van der Waals surface area contributed by atoms with E-state index in [1.807, 2.05) is 39.2 Å². The number of aliphatic imine (C=N–C) groups is 1. The van der Waals surface area contributed by atoms with Crippen molar-refractivity contribution in [1.29, 1.82) is 0 Å². The van der Waals surface area contributed by atoms with Crippen molar-refractivity contribution >= 4 is 17.0 Å². The largest absolute Gasteiger partial charge is 0.370 e. The van der Waals surface area contributed by atoms with Crippen LogP contribution in [0, 0.1) is 6.92 Å². The minimum absolute atomic E-state index is 0.470. The fourth-order valence-electron chi connectivity index (χ4n) is 1.60. The van der Waals surface area contributed by atoms with Crippen LogP contribution in [0.1, 0.15) is 11.4 Å². The molecule has 3 N–H and O–H groups in total. The number of hydrogen-bond donors (Lipinski definition) is 2.